The third kappa shape index (κ3) is 2.60. The minimum atomic E-state index is -2.81. The number of methoxy groups -OCH3 is 1. The van der Waals surface area contributed by atoms with E-state index in [1.807, 2.05) is 22.6 Å². The number of carbonyl (C=O) groups is 1. The van der Waals surface area contributed by atoms with Crippen LogP contribution in [-0.2, 0) is 10.6 Å². The van der Waals surface area contributed by atoms with Gasteiger partial charge in [-0.2, -0.15) is 0 Å². The fourth-order valence-electron chi connectivity index (χ4n) is 1.17. The summed E-state index contributed by atoms with van der Waals surface area (Å²) in [4.78, 5) is 14.9. The van der Waals surface area contributed by atoms with Gasteiger partial charge in [-0.1, -0.05) is 0 Å². The molecule has 0 saturated heterocycles. The lowest BCUT2D eigenvalue weighted by molar-refractivity contribution is 0.0581. The molecular formula is C9H7ClF2INO2. The Morgan fingerprint density at radius 3 is 2.75 bits per heavy atom. The number of alkyl halides is 3. The minimum absolute atomic E-state index is 0.107. The van der Waals surface area contributed by atoms with E-state index in [1.54, 1.807) is 0 Å². The van der Waals surface area contributed by atoms with Crippen LogP contribution in [0.1, 0.15) is 28.0 Å². The molecule has 0 saturated carbocycles. The van der Waals surface area contributed by atoms with Crippen LogP contribution in [0, 0.1) is 3.57 Å². The van der Waals surface area contributed by atoms with Crippen LogP contribution in [0.3, 0.4) is 0 Å². The third-order valence-electron chi connectivity index (χ3n) is 1.91. The molecule has 1 heterocycles. The summed E-state index contributed by atoms with van der Waals surface area (Å²) >= 11 is 7.42. The van der Waals surface area contributed by atoms with E-state index in [0.717, 1.165) is 7.11 Å². The highest BCUT2D eigenvalue weighted by molar-refractivity contribution is 14.1. The van der Waals surface area contributed by atoms with Crippen molar-refractivity contribution in [1.82, 2.24) is 4.98 Å². The number of ether oxygens (including phenoxy) is 1. The van der Waals surface area contributed by atoms with E-state index in [4.69, 9.17) is 11.6 Å². The van der Waals surface area contributed by atoms with Crippen molar-refractivity contribution in [3.63, 3.8) is 0 Å². The van der Waals surface area contributed by atoms with Crippen LogP contribution < -0.4 is 0 Å². The summed E-state index contributed by atoms with van der Waals surface area (Å²) in [6.07, 6.45) is -1.50. The normalized spacial score (nSPS) is 10.6. The summed E-state index contributed by atoms with van der Waals surface area (Å²) in [6, 6.07) is 0. The Hall–Kier alpha value is -0.500. The van der Waals surface area contributed by atoms with Gasteiger partial charge in [0.1, 0.15) is 0 Å². The Kier molecular flexibility index (Phi) is 4.85. The molecule has 0 unspecified atom stereocenters. The summed E-state index contributed by atoms with van der Waals surface area (Å²) in [5.41, 5.74) is -0.616. The molecule has 0 radical (unpaired) electrons. The number of hydrogen-bond acceptors (Lipinski definition) is 3. The van der Waals surface area contributed by atoms with E-state index in [-0.39, 0.29) is 17.1 Å². The average Bonchev–Trinajstić information content (AvgIpc) is 2.27. The Morgan fingerprint density at radius 2 is 2.31 bits per heavy atom. The predicted molar refractivity (Wildman–Crippen MR) is 62.8 cm³/mol. The van der Waals surface area contributed by atoms with Gasteiger partial charge in [-0.25, -0.2) is 18.6 Å². The zero-order valence-electron chi connectivity index (χ0n) is 8.14. The molecule has 7 heteroatoms. The van der Waals surface area contributed by atoms with Crippen molar-refractivity contribution in [3.8, 4) is 0 Å². The van der Waals surface area contributed by atoms with Crippen molar-refractivity contribution in [3.05, 3.63) is 26.6 Å². The smallest absolute Gasteiger partial charge is 0.357 e. The summed E-state index contributed by atoms with van der Waals surface area (Å²) in [5, 5.41) is 0. The van der Waals surface area contributed by atoms with Crippen LogP contribution >= 0.6 is 34.2 Å². The molecule has 3 nitrogen and oxygen atoms in total. The van der Waals surface area contributed by atoms with Gasteiger partial charge in [-0.15, -0.1) is 11.6 Å². The lowest BCUT2D eigenvalue weighted by atomic mass is 10.1. The first-order valence-electron chi connectivity index (χ1n) is 4.12. The van der Waals surface area contributed by atoms with Crippen molar-refractivity contribution in [2.24, 2.45) is 0 Å². The number of hydrogen-bond donors (Lipinski definition) is 0. The molecule has 0 bridgehead atoms. The average molecular weight is 362 g/mol. The number of esters is 1. The summed E-state index contributed by atoms with van der Waals surface area (Å²) in [6.45, 7) is 0. The highest BCUT2D eigenvalue weighted by Crippen LogP contribution is 2.30. The molecule has 0 fully saturated rings. The highest BCUT2D eigenvalue weighted by atomic mass is 127. The second-order valence-corrected chi connectivity index (χ2v) is 4.20. The molecule has 0 atom stereocenters. The lowest BCUT2D eigenvalue weighted by Crippen LogP contribution is -2.12. The third-order valence-corrected chi connectivity index (χ3v) is 3.10. The second kappa shape index (κ2) is 5.72. The van der Waals surface area contributed by atoms with Gasteiger partial charge in [0, 0.05) is 15.6 Å². The molecule has 0 aliphatic carbocycles. The first kappa shape index (κ1) is 13.6. The van der Waals surface area contributed by atoms with Gasteiger partial charge in [0.2, 0.25) is 0 Å². The van der Waals surface area contributed by atoms with E-state index >= 15 is 0 Å². The molecule has 0 N–H and O–H groups in total. The van der Waals surface area contributed by atoms with Gasteiger partial charge in [0.05, 0.1) is 12.7 Å². The number of carbonyl (C=O) groups excluding carboxylic acids is 1. The standard InChI is InChI=1S/C9H7ClF2INO2/c1-16-9(15)7-6(8(11)12)4(2-10)5(13)3-14-7/h3,8H,2H2,1H3. The molecule has 1 aromatic rings. The van der Waals surface area contributed by atoms with Crippen LogP contribution in [0.25, 0.3) is 0 Å². The zero-order valence-corrected chi connectivity index (χ0v) is 11.1. The first-order chi connectivity index (χ1) is 7.52. The van der Waals surface area contributed by atoms with Crippen molar-refractivity contribution in [2.45, 2.75) is 12.3 Å². The fourth-order valence-corrected chi connectivity index (χ4v) is 2.30. The van der Waals surface area contributed by atoms with E-state index in [2.05, 4.69) is 9.72 Å². The topological polar surface area (TPSA) is 39.2 Å². The quantitative estimate of drug-likeness (QED) is 0.472. The maximum absolute atomic E-state index is 12.8. The molecule has 0 spiro atoms. The summed E-state index contributed by atoms with van der Waals surface area (Å²) in [7, 11) is 1.11. The maximum Gasteiger partial charge on any atom is 0.357 e. The van der Waals surface area contributed by atoms with Gasteiger partial charge in [0.15, 0.2) is 5.69 Å². The van der Waals surface area contributed by atoms with E-state index in [9.17, 15) is 13.6 Å². The minimum Gasteiger partial charge on any atom is -0.464 e. The van der Waals surface area contributed by atoms with Crippen molar-refractivity contribution in [1.29, 1.82) is 0 Å². The summed E-state index contributed by atoms with van der Waals surface area (Å²) < 4.78 is 30.6. The molecule has 16 heavy (non-hydrogen) atoms. The first-order valence-corrected chi connectivity index (χ1v) is 5.74. The highest BCUT2D eigenvalue weighted by Gasteiger charge is 2.25. The lowest BCUT2D eigenvalue weighted by Gasteiger charge is -2.11. The van der Waals surface area contributed by atoms with Crippen molar-refractivity contribution in [2.75, 3.05) is 7.11 Å². The number of halogens is 4. The second-order valence-electron chi connectivity index (χ2n) is 2.77. The van der Waals surface area contributed by atoms with Crippen LogP contribution in [-0.4, -0.2) is 18.1 Å². The van der Waals surface area contributed by atoms with Gasteiger partial charge in [-0.3, -0.25) is 0 Å². The van der Waals surface area contributed by atoms with Gasteiger partial charge < -0.3 is 4.74 Å². The van der Waals surface area contributed by atoms with E-state index in [1.165, 1.54) is 6.20 Å². The van der Waals surface area contributed by atoms with Crippen LogP contribution in [0.15, 0.2) is 6.20 Å². The van der Waals surface area contributed by atoms with Gasteiger partial charge in [-0.05, 0) is 28.2 Å². The Labute approximate surface area is 109 Å². The van der Waals surface area contributed by atoms with Crippen molar-refractivity contribution >= 4 is 40.2 Å². The van der Waals surface area contributed by atoms with E-state index in [0.29, 0.717) is 3.57 Å². The zero-order chi connectivity index (χ0) is 12.3. The predicted octanol–water partition coefficient (Wildman–Crippen LogP) is 3.15. The van der Waals surface area contributed by atoms with Crippen molar-refractivity contribution < 1.29 is 18.3 Å². The van der Waals surface area contributed by atoms with Gasteiger partial charge >= 0.3 is 5.97 Å². The molecule has 0 aliphatic heterocycles. The number of rotatable bonds is 3. The fraction of sp³-hybridized carbons (Fsp3) is 0.333. The Balaban J connectivity index is 3.45. The van der Waals surface area contributed by atoms with Crippen LogP contribution in [0.2, 0.25) is 0 Å². The molecule has 0 aromatic carbocycles. The number of nitrogens with zero attached hydrogens (tertiary/aromatic N) is 1. The van der Waals surface area contributed by atoms with Crippen LogP contribution in [0.4, 0.5) is 8.78 Å². The Morgan fingerprint density at radius 1 is 1.69 bits per heavy atom. The van der Waals surface area contributed by atoms with Gasteiger partial charge in [0.25, 0.3) is 6.43 Å². The SMILES string of the molecule is COC(=O)c1ncc(I)c(CCl)c1C(F)F. The molecule has 1 rings (SSSR count). The van der Waals surface area contributed by atoms with Crippen LogP contribution in [0.5, 0.6) is 0 Å². The molecule has 1 aromatic heterocycles. The number of aromatic nitrogens is 1. The molecule has 0 amide bonds. The monoisotopic (exact) mass is 361 g/mol. The Bertz CT molecular complexity index is 415. The van der Waals surface area contributed by atoms with E-state index < -0.39 is 18.0 Å². The molecular weight excluding hydrogens is 354 g/mol. The molecule has 0 aliphatic rings. The summed E-state index contributed by atoms with van der Waals surface area (Å²) in [5.74, 6) is -0.997. The molecule has 88 valence electrons. The number of pyridine rings is 1. The largest absolute Gasteiger partial charge is 0.464 e. The maximum atomic E-state index is 12.8.